The molecule has 19 heavy (non-hydrogen) atoms. The van der Waals surface area contributed by atoms with E-state index < -0.39 is 0 Å². The quantitative estimate of drug-likeness (QED) is 0.843. The van der Waals surface area contributed by atoms with Crippen LogP contribution in [0.1, 0.15) is 17.8 Å². The molecule has 2 heterocycles. The van der Waals surface area contributed by atoms with E-state index in [0.717, 1.165) is 50.7 Å². The fourth-order valence-corrected chi connectivity index (χ4v) is 2.94. The van der Waals surface area contributed by atoms with Crippen molar-refractivity contribution < 1.29 is 4.74 Å². The summed E-state index contributed by atoms with van der Waals surface area (Å²) in [5.41, 5.74) is 2.48. The molecule has 2 rings (SSSR count). The molecule has 1 aromatic rings. The molecule has 4 nitrogen and oxygen atoms in total. The Labute approximate surface area is 116 Å². The second-order valence-electron chi connectivity index (χ2n) is 5.78. The number of nitrogens with zero attached hydrogens (tertiary/aromatic N) is 2. The molecule has 1 aliphatic rings. The minimum Gasteiger partial charge on any atom is -0.381 e. The van der Waals surface area contributed by atoms with Crippen LogP contribution in [0.5, 0.6) is 0 Å². The fourth-order valence-electron chi connectivity index (χ4n) is 2.94. The molecule has 0 amide bonds. The summed E-state index contributed by atoms with van der Waals surface area (Å²) in [7, 11) is 4.18. The largest absolute Gasteiger partial charge is 0.381 e. The average molecular weight is 263 g/mol. The Morgan fingerprint density at radius 2 is 2.32 bits per heavy atom. The number of aromatic nitrogens is 1. The van der Waals surface area contributed by atoms with Crippen molar-refractivity contribution in [2.24, 2.45) is 5.41 Å². The van der Waals surface area contributed by atoms with Crippen LogP contribution in [-0.4, -0.2) is 50.3 Å². The predicted molar refractivity (Wildman–Crippen MR) is 77.1 cm³/mol. The predicted octanol–water partition coefficient (Wildman–Crippen LogP) is 1.45. The summed E-state index contributed by atoms with van der Waals surface area (Å²) in [5, 5.41) is 3.31. The smallest absolute Gasteiger partial charge is 0.0547 e. The van der Waals surface area contributed by atoms with Crippen molar-refractivity contribution in [1.29, 1.82) is 0 Å². The molecule has 4 heteroatoms. The minimum atomic E-state index is 0.257. The summed E-state index contributed by atoms with van der Waals surface area (Å²) in [4.78, 5) is 6.92. The number of pyridine rings is 1. The van der Waals surface area contributed by atoms with Gasteiger partial charge in [0.15, 0.2) is 0 Å². The van der Waals surface area contributed by atoms with Gasteiger partial charge in [0.25, 0.3) is 0 Å². The Hall–Kier alpha value is -0.970. The SMILES string of the molecule is CNCC1(CN(C)Cc2cccc(C)n2)CCOC1. The monoisotopic (exact) mass is 263 g/mol. The van der Waals surface area contributed by atoms with E-state index in [9.17, 15) is 0 Å². The number of hydrogen-bond donors (Lipinski definition) is 1. The van der Waals surface area contributed by atoms with Gasteiger partial charge in [-0.2, -0.15) is 0 Å². The molecule has 106 valence electrons. The van der Waals surface area contributed by atoms with Crippen LogP contribution in [0.4, 0.5) is 0 Å². The van der Waals surface area contributed by atoms with E-state index in [1.165, 1.54) is 0 Å². The molecule has 1 aromatic heterocycles. The normalized spacial score (nSPS) is 23.2. The van der Waals surface area contributed by atoms with Crippen molar-refractivity contribution in [3.05, 3.63) is 29.6 Å². The van der Waals surface area contributed by atoms with Gasteiger partial charge < -0.3 is 10.1 Å². The minimum absolute atomic E-state index is 0.257. The molecule has 1 unspecified atom stereocenters. The van der Waals surface area contributed by atoms with E-state index >= 15 is 0 Å². The molecule has 0 radical (unpaired) electrons. The molecular weight excluding hydrogens is 238 g/mol. The summed E-state index contributed by atoms with van der Waals surface area (Å²) in [6.07, 6.45) is 1.14. The standard InChI is InChI=1S/C15H25N3O/c1-13-5-4-6-14(17-13)9-18(3)11-15(10-16-2)7-8-19-12-15/h4-6,16H,7-12H2,1-3H3. The van der Waals surface area contributed by atoms with Gasteiger partial charge in [0, 0.05) is 37.4 Å². The molecule has 1 saturated heterocycles. The first kappa shape index (κ1) is 14.4. The van der Waals surface area contributed by atoms with Crippen molar-refractivity contribution >= 4 is 0 Å². The molecular formula is C15H25N3O. The first-order valence-corrected chi connectivity index (χ1v) is 6.97. The molecule has 0 aliphatic carbocycles. The van der Waals surface area contributed by atoms with Crippen molar-refractivity contribution in [3.8, 4) is 0 Å². The highest BCUT2D eigenvalue weighted by molar-refractivity contribution is 5.09. The van der Waals surface area contributed by atoms with Crippen LogP contribution in [0, 0.1) is 12.3 Å². The van der Waals surface area contributed by atoms with Gasteiger partial charge in [-0.15, -0.1) is 0 Å². The van der Waals surface area contributed by atoms with Crippen LogP contribution in [0.3, 0.4) is 0 Å². The number of rotatable bonds is 6. The first-order valence-electron chi connectivity index (χ1n) is 6.97. The summed E-state index contributed by atoms with van der Waals surface area (Å²) in [6.45, 7) is 6.74. The van der Waals surface area contributed by atoms with E-state index in [-0.39, 0.29) is 5.41 Å². The Morgan fingerprint density at radius 3 is 2.95 bits per heavy atom. The van der Waals surface area contributed by atoms with E-state index in [1.54, 1.807) is 0 Å². The lowest BCUT2D eigenvalue weighted by Crippen LogP contribution is -2.42. The summed E-state index contributed by atoms with van der Waals surface area (Å²) < 4.78 is 5.60. The van der Waals surface area contributed by atoms with E-state index in [1.807, 2.05) is 20.0 Å². The first-order chi connectivity index (χ1) is 9.13. The Morgan fingerprint density at radius 1 is 1.47 bits per heavy atom. The van der Waals surface area contributed by atoms with Crippen LogP contribution >= 0.6 is 0 Å². The van der Waals surface area contributed by atoms with Gasteiger partial charge in [-0.05, 0) is 39.6 Å². The van der Waals surface area contributed by atoms with E-state index in [4.69, 9.17) is 4.74 Å². The van der Waals surface area contributed by atoms with Gasteiger partial charge in [0.05, 0.1) is 12.3 Å². The number of ether oxygens (including phenoxy) is 1. The van der Waals surface area contributed by atoms with Crippen LogP contribution in [0.15, 0.2) is 18.2 Å². The van der Waals surface area contributed by atoms with E-state index in [2.05, 4.69) is 34.4 Å². The van der Waals surface area contributed by atoms with Crippen molar-refractivity contribution in [3.63, 3.8) is 0 Å². The molecule has 1 aliphatic heterocycles. The third-order valence-corrected chi connectivity index (χ3v) is 3.72. The Kier molecular flexibility index (Phi) is 4.91. The van der Waals surface area contributed by atoms with Crippen LogP contribution < -0.4 is 5.32 Å². The Bertz CT molecular complexity index is 402. The molecule has 0 saturated carbocycles. The third-order valence-electron chi connectivity index (χ3n) is 3.72. The Balaban J connectivity index is 1.94. The lowest BCUT2D eigenvalue weighted by molar-refractivity contribution is 0.117. The number of aryl methyl sites for hydroxylation is 1. The highest BCUT2D eigenvalue weighted by Gasteiger charge is 2.35. The zero-order valence-electron chi connectivity index (χ0n) is 12.3. The summed E-state index contributed by atoms with van der Waals surface area (Å²) >= 11 is 0. The molecule has 0 bridgehead atoms. The van der Waals surface area contributed by atoms with Crippen molar-refractivity contribution in [2.45, 2.75) is 19.9 Å². The van der Waals surface area contributed by atoms with Crippen LogP contribution in [-0.2, 0) is 11.3 Å². The van der Waals surface area contributed by atoms with Gasteiger partial charge in [0.2, 0.25) is 0 Å². The molecule has 1 N–H and O–H groups in total. The fraction of sp³-hybridized carbons (Fsp3) is 0.667. The van der Waals surface area contributed by atoms with Crippen LogP contribution in [0.25, 0.3) is 0 Å². The summed E-state index contributed by atoms with van der Waals surface area (Å²) in [5.74, 6) is 0. The van der Waals surface area contributed by atoms with Gasteiger partial charge in [-0.1, -0.05) is 6.07 Å². The number of nitrogens with one attached hydrogen (secondary N) is 1. The molecule has 0 aromatic carbocycles. The van der Waals surface area contributed by atoms with Crippen LogP contribution in [0.2, 0.25) is 0 Å². The van der Waals surface area contributed by atoms with Gasteiger partial charge >= 0.3 is 0 Å². The zero-order chi connectivity index (χ0) is 13.7. The zero-order valence-corrected chi connectivity index (χ0v) is 12.3. The average Bonchev–Trinajstić information content (AvgIpc) is 2.77. The maximum Gasteiger partial charge on any atom is 0.0547 e. The maximum absolute atomic E-state index is 5.60. The highest BCUT2D eigenvalue weighted by atomic mass is 16.5. The van der Waals surface area contributed by atoms with Gasteiger partial charge in [-0.25, -0.2) is 0 Å². The maximum atomic E-state index is 5.60. The summed E-state index contributed by atoms with van der Waals surface area (Å²) in [6, 6.07) is 6.21. The van der Waals surface area contributed by atoms with Gasteiger partial charge in [0.1, 0.15) is 0 Å². The lowest BCUT2D eigenvalue weighted by Gasteiger charge is -2.32. The topological polar surface area (TPSA) is 37.4 Å². The van der Waals surface area contributed by atoms with E-state index in [0.29, 0.717) is 0 Å². The second kappa shape index (κ2) is 6.46. The third kappa shape index (κ3) is 4.00. The molecule has 0 spiro atoms. The highest BCUT2D eigenvalue weighted by Crippen LogP contribution is 2.29. The number of hydrogen-bond acceptors (Lipinski definition) is 4. The second-order valence-corrected chi connectivity index (χ2v) is 5.78. The van der Waals surface area contributed by atoms with Crippen molar-refractivity contribution in [1.82, 2.24) is 15.2 Å². The van der Waals surface area contributed by atoms with Gasteiger partial charge in [-0.3, -0.25) is 9.88 Å². The molecule has 1 atom stereocenters. The molecule has 1 fully saturated rings. The lowest BCUT2D eigenvalue weighted by atomic mass is 9.86. The van der Waals surface area contributed by atoms with Crippen molar-refractivity contribution in [2.75, 3.05) is 40.4 Å².